The molecule has 0 atom stereocenters. The number of rotatable bonds is 5. The summed E-state index contributed by atoms with van der Waals surface area (Å²) in [4.78, 5) is 12.7. The molecular formula is C17H19ClN2O4S. The number of ether oxygens (including phenoxy) is 1. The molecule has 0 spiro atoms. The Hall–Kier alpha value is -2.09. The molecule has 2 aromatic carbocycles. The van der Waals surface area contributed by atoms with Crippen LogP contribution in [0.1, 0.15) is 15.9 Å². The number of nitrogens with zero attached hydrogens (tertiary/aromatic N) is 1. The van der Waals surface area contributed by atoms with Gasteiger partial charge in [-0.25, -0.2) is 12.7 Å². The lowest BCUT2D eigenvalue weighted by Crippen LogP contribution is -2.23. The highest BCUT2D eigenvalue weighted by Crippen LogP contribution is 2.28. The van der Waals surface area contributed by atoms with Gasteiger partial charge in [-0.3, -0.25) is 4.79 Å². The fraction of sp³-hybridized carbons (Fsp3) is 0.235. The van der Waals surface area contributed by atoms with Crippen LogP contribution in [0, 0.1) is 6.92 Å². The zero-order valence-corrected chi connectivity index (χ0v) is 15.9. The second-order valence-corrected chi connectivity index (χ2v) is 8.15. The molecule has 25 heavy (non-hydrogen) atoms. The zero-order chi connectivity index (χ0) is 18.8. The third-order valence-electron chi connectivity index (χ3n) is 3.64. The molecule has 134 valence electrons. The van der Waals surface area contributed by atoms with Gasteiger partial charge >= 0.3 is 0 Å². The van der Waals surface area contributed by atoms with Crippen molar-refractivity contribution < 1.29 is 17.9 Å². The van der Waals surface area contributed by atoms with E-state index in [0.717, 1.165) is 4.31 Å². The second kappa shape index (κ2) is 7.43. The fourth-order valence-electron chi connectivity index (χ4n) is 2.18. The normalized spacial score (nSPS) is 11.4. The molecule has 0 unspecified atom stereocenters. The molecule has 0 fully saturated rings. The monoisotopic (exact) mass is 382 g/mol. The van der Waals surface area contributed by atoms with E-state index >= 15 is 0 Å². The molecule has 0 radical (unpaired) electrons. The molecule has 6 nitrogen and oxygen atoms in total. The molecule has 0 bridgehead atoms. The minimum Gasteiger partial charge on any atom is -0.495 e. The summed E-state index contributed by atoms with van der Waals surface area (Å²) in [6, 6.07) is 9.27. The van der Waals surface area contributed by atoms with Crippen molar-refractivity contribution in [2.24, 2.45) is 0 Å². The number of nitrogens with one attached hydrogen (secondary N) is 1. The number of anilines is 1. The Balaban J connectivity index is 2.42. The molecule has 0 heterocycles. The second-order valence-electron chi connectivity index (χ2n) is 5.56. The largest absolute Gasteiger partial charge is 0.495 e. The summed E-state index contributed by atoms with van der Waals surface area (Å²) < 4.78 is 30.9. The minimum atomic E-state index is -3.63. The van der Waals surface area contributed by atoms with E-state index in [1.165, 1.54) is 33.3 Å². The first-order valence-electron chi connectivity index (χ1n) is 7.35. The topological polar surface area (TPSA) is 75.7 Å². The van der Waals surface area contributed by atoms with Gasteiger partial charge in [-0.05, 0) is 42.8 Å². The number of benzene rings is 2. The zero-order valence-electron chi connectivity index (χ0n) is 14.3. The summed E-state index contributed by atoms with van der Waals surface area (Å²) in [5, 5.41) is 3.15. The Kier molecular flexibility index (Phi) is 5.72. The average molecular weight is 383 g/mol. The van der Waals surface area contributed by atoms with Gasteiger partial charge < -0.3 is 10.1 Å². The van der Waals surface area contributed by atoms with E-state index in [1.807, 2.05) is 0 Å². The predicted molar refractivity (Wildman–Crippen MR) is 98.0 cm³/mol. The van der Waals surface area contributed by atoms with Crippen molar-refractivity contribution in [2.45, 2.75) is 11.8 Å². The Morgan fingerprint density at radius 3 is 2.44 bits per heavy atom. The van der Waals surface area contributed by atoms with Gasteiger partial charge in [-0.1, -0.05) is 17.7 Å². The van der Waals surface area contributed by atoms with Crippen molar-refractivity contribution >= 4 is 33.2 Å². The van der Waals surface area contributed by atoms with Crippen molar-refractivity contribution in [3.63, 3.8) is 0 Å². The molecule has 0 aliphatic rings. The lowest BCUT2D eigenvalue weighted by atomic mass is 10.1. The molecule has 0 aliphatic carbocycles. The number of amides is 1. The van der Waals surface area contributed by atoms with E-state index in [0.29, 0.717) is 22.0 Å². The van der Waals surface area contributed by atoms with Crippen LogP contribution in [0.2, 0.25) is 5.02 Å². The standard InChI is InChI=1S/C17H19ClN2O4S/c1-11-5-7-13(25(22,23)20(2)3)10-14(11)17(21)19-15-9-12(18)6-8-16(15)24-4/h5-10H,1-4H3,(H,19,21). The van der Waals surface area contributed by atoms with Gasteiger partial charge in [0.15, 0.2) is 0 Å². The molecule has 0 aromatic heterocycles. The highest BCUT2D eigenvalue weighted by molar-refractivity contribution is 7.89. The summed E-state index contributed by atoms with van der Waals surface area (Å²) in [5.74, 6) is 0.00124. The van der Waals surface area contributed by atoms with Crippen LogP contribution in [0.4, 0.5) is 5.69 Å². The molecule has 0 aliphatic heterocycles. The molecule has 0 saturated heterocycles. The van der Waals surface area contributed by atoms with E-state index < -0.39 is 15.9 Å². The minimum absolute atomic E-state index is 0.0475. The fourth-order valence-corrected chi connectivity index (χ4v) is 3.29. The van der Waals surface area contributed by atoms with Crippen LogP contribution >= 0.6 is 11.6 Å². The van der Waals surface area contributed by atoms with Gasteiger partial charge in [0.1, 0.15) is 5.75 Å². The smallest absolute Gasteiger partial charge is 0.256 e. The number of hydrogen-bond acceptors (Lipinski definition) is 4. The van der Waals surface area contributed by atoms with E-state index in [9.17, 15) is 13.2 Å². The first-order chi connectivity index (χ1) is 11.7. The quantitative estimate of drug-likeness (QED) is 0.861. The summed E-state index contributed by atoms with van der Waals surface area (Å²) in [6.45, 7) is 1.73. The van der Waals surface area contributed by atoms with Gasteiger partial charge in [-0.15, -0.1) is 0 Å². The molecule has 1 N–H and O–H groups in total. The summed E-state index contributed by atoms with van der Waals surface area (Å²) in [7, 11) is 0.719. The van der Waals surface area contributed by atoms with Gasteiger partial charge in [0.2, 0.25) is 10.0 Å². The number of sulfonamides is 1. The third-order valence-corrected chi connectivity index (χ3v) is 5.69. The number of aryl methyl sites for hydroxylation is 1. The van der Waals surface area contributed by atoms with Gasteiger partial charge in [0.25, 0.3) is 5.91 Å². The maximum absolute atomic E-state index is 12.6. The summed E-state index contributed by atoms with van der Waals surface area (Å²) >= 11 is 5.96. The van der Waals surface area contributed by atoms with Crippen molar-refractivity contribution in [1.29, 1.82) is 0 Å². The number of halogens is 1. The Morgan fingerprint density at radius 1 is 1.16 bits per heavy atom. The molecule has 2 rings (SSSR count). The van der Waals surface area contributed by atoms with E-state index in [2.05, 4.69) is 5.32 Å². The SMILES string of the molecule is COc1ccc(Cl)cc1NC(=O)c1cc(S(=O)(=O)N(C)C)ccc1C. The van der Waals surface area contributed by atoms with Crippen molar-refractivity contribution in [2.75, 3.05) is 26.5 Å². The van der Waals surface area contributed by atoms with Crippen LogP contribution in [0.15, 0.2) is 41.3 Å². The van der Waals surface area contributed by atoms with Crippen LogP contribution in [0.25, 0.3) is 0 Å². The number of carbonyl (C=O) groups excluding carboxylic acids is 1. The van der Waals surface area contributed by atoms with Crippen molar-refractivity contribution in [3.8, 4) is 5.75 Å². The van der Waals surface area contributed by atoms with Gasteiger partial charge in [-0.2, -0.15) is 0 Å². The number of hydrogen-bond donors (Lipinski definition) is 1. The first-order valence-corrected chi connectivity index (χ1v) is 9.16. The van der Waals surface area contributed by atoms with E-state index in [1.54, 1.807) is 31.2 Å². The first kappa shape index (κ1) is 19.2. The highest BCUT2D eigenvalue weighted by atomic mass is 35.5. The van der Waals surface area contributed by atoms with Crippen LogP contribution < -0.4 is 10.1 Å². The number of carbonyl (C=O) groups is 1. The molecule has 8 heteroatoms. The maximum atomic E-state index is 12.6. The Bertz CT molecular complexity index is 911. The van der Waals surface area contributed by atoms with E-state index in [4.69, 9.17) is 16.3 Å². The molecule has 1 amide bonds. The van der Waals surface area contributed by atoms with Crippen molar-refractivity contribution in [1.82, 2.24) is 4.31 Å². The van der Waals surface area contributed by atoms with Crippen LogP contribution in [-0.4, -0.2) is 39.8 Å². The van der Waals surface area contributed by atoms with Crippen LogP contribution in [-0.2, 0) is 10.0 Å². The maximum Gasteiger partial charge on any atom is 0.256 e. The Morgan fingerprint density at radius 2 is 1.84 bits per heavy atom. The lowest BCUT2D eigenvalue weighted by molar-refractivity contribution is 0.102. The lowest BCUT2D eigenvalue weighted by Gasteiger charge is -2.15. The van der Waals surface area contributed by atoms with Crippen LogP contribution in [0.5, 0.6) is 5.75 Å². The van der Waals surface area contributed by atoms with Crippen LogP contribution in [0.3, 0.4) is 0 Å². The third kappa shape index (κ3) is 4.12. The molecule has 0 saturated carbocycles. The average Bonchev–Trinajstić information content (AvgIpc) is 2.55. The number of methoxy groups -OCH3 is 1. The highest BCUT2D eigenvalue weighted by Gasteiger charge is 2.20. The molecule has 2 aromatic rings. The Labute approximate surface area is 152 Å². The van der Waals surface area contributed by atoms with Gasteiger partial charge in [0.05, 0.1) is 17.7 Å². The molecular weight excluding hydrogens is 364 g/mol. The summed E-state index contributed by atoms with van der Waals surface area (Å²) in [6.07, 6.45) is 0. The summed E-state index contributed by atoms with van der Waals surface area (Å²) in [5.41, 5.74) is 1.31. The van der Waals surface area contributed by atoms with E-state index in [-0.39, 0.29) is 10.5 Å². The predicted octanol–water partition coefficient (Wildman–Crippen LogP) is 3.16. The van der Waals surface area contributed by atoms with Crippen molar-refractivity contribution in [3.05, 3.63) is 52.5 Å². The van der Waals surface area contributed by atoms with Gasteiger partial charge in [0, 0.05) is 24.7 Å².